The molecule has 2 rings (SSSR count). The summed E-state index contributed by atoms with van der Waals surface area (Å²) in [7, 11) is 0. The highest BCUT2D eigenvalue weighted by molar-refractivity contribution is 5.76. The number of carbonyl (C=O) groups excluding carboxylic acids is 1. The molecule has 0 bridgehead atoms. The maximum absolute atomic E-state index is 11.9. The number of aromatic nitrogens is 2. The molecule has 1 aliphatic rings. The van der Waals surface area contributed by atoms with E-state index in [0.29, 0.717) is 19.4 Å². The maximum Gasteiger partial charge on any atom is 0.220 e. The van der Waals surface area contributed by atoms with Crippen LogP contribution >= 0.6 is 0 Å². The van der Waals surface area contributed by atoms with Crippen molar-refractivity contribution in [3.8, 4) is 0 Å². The fourth-order valence-corrected chi connectivity index (χ4v) is 2.92. The topological polar surface area (TPSA) is 78.0 Å². The number of aromatic amines is 1. The Kier molecular flexibility index (Phi) is 4.81. The number of nitrogens with zero attached hydrogens (tertiary/aromatic N) is 1. The van der Waals surface area contributed by atoms with Gasteiger partial charge in [-0.2, -0.15) is 5.10 Å². The lowest BCUT2D eigenvalue weighted by atomic mass is 9.85. The summed E-state index contributed by atoms with van der Waals surface area (Å²) in [5.41, 5.74) is 2.42. The standard InChI is InChI=1S/C15H25N3O2/c1-11-13(12(2)18-17-11)6-7-14(19)16-10-15(20)8-4-3-5-9-15/h20H,3-10H2,1-2H3,(H,16,19)(H,17,18). The number of rotatable bonds is 5. The molecule has 1 heterocycles. The predicted molar refractivity (Wildman–Crippen MR) is 77.4 cm³/mol. The van der Waals surface area contributed by atoms with E-state index < -0.39 is 5.60 Å². The lowest BCUT2D eigenvalue weighted by Gasteiger charge is -2.32. The van der Waals surface area contributed by atoms with Crippen molar-refractivity contribution >= 4 is 5.91 Å². The zero-order valence-corrected chi connectivity index (χ0v) is 12.5. The van der Waals surface area contributed by atoms with Gasteiger partial charge < -0.3 is 10.4 Å². The summed E-state index contributed by atoms with van der Waals surface area (Å²) in [4.78, 5) is 11.9. The molecule has 1 aliphatic carbocycles. The predicted octanol–water partition coefficient (Wildman–Crippen LogP) is 1.77. The maximum atomic E-state index is 11.9. The molecule has 112 valence electrons. The second kappa shape index (κ2) is 6.39. The number of amides is 1. The highest BCUT2D eigenvalue weighted by Gasteiger charge is 2.29. The van der Waals surface area contributed by atoms with Gasteiger partial charge in [0.15, 0.2) is 0 Å². The molecule has 0 spiro atoms. The summed E-state index contributed by atoms with van der Waals surface area (Å²) in [6.45, 7) is 4.30. The van der Waals surface area contributed by atoms with E-state index in [4.69, 9.17) is 0 Å². The monoisotopic (exact) mass is 279 g/mol. The van der Waals surface area contributed by atoms with E-state index in [9.17, 15) is 9.90 Å². The molecule has 0 aliphatic heterocycles. The Labute approximate surface area is 120 Å². The Hall–Kier alpha value is -1.36. The van der Waals surface area contributed by atoms with Gasteiger partial charge in [0, 0.05) is 18.7 Å². The molecule has 3 N–H and O–H groups in total. The third kappa shape index (κ3) is 3.82. The molecule has 1 amide bonds. The van der Waals surface area contributed by atoms with Crippen LogP contribution in [0.25, 0.3) is 0 Å². The highest BCUT2D eigenvalue weighted by atomic mass is 16.3. The van der Waals surface area contributed by atoms with Crippen LogP contribution in [0.4, 0.5) is 0 Å². The summed E-state index contributed by atoms with van der Waals surface area (Å²) in [6.07, 6.45) is 6.03. The molecular formula is C15H25N3O2. The lowest BCUT2D eigenvalue weighted by Crippen LogP contribution is -2.44. The van der Waals surface area contributed by atoms with Crippen LogP contribution in [0.3, 0.4) is 0 Å². The van der Waals surface area contributed by atoms with E-state index in [1.165, 1.54) is 6.42 Å². The summed E-state index contributed by atoms with van der Waals surface area (Å²) < 4.78 is 0. The average molecular weight is 279 g/mol. The Morgan fingerprint density at radius 2 is 2.05 bits per heavy atom. The number of nitrogens with one attached hydrogen (secondary N) is 2. The quantitative estimate of drug-likeness (QED) is 0.768. The minimum Gasteiger partial charge on any atom is -0.388 e. The molecule has 0 atom stereocenters. The molecule has 1 saturated carbocycles. The number of carbonyl (C=O) groups is 1. The molecule has 1 fully saturated rings. The van der Waals surface area contributed by atoms with E-state index >= 15 is 0 Å². The van der Waals surface area contributed by atoms with Gasteiger partial charge in [0.2, 0.25) is 5.91 Å². The Morgan fingerprint density at radius 3 is 2.65 bits per heavy atom. The van der Waals surface area contributed by atoms with Gasteiger partial charge in [-0.15, -0.1) is 0 Å². The minimum atomic E-state index is -0.685. The molecule has 0 saturated heterocycles. The summed E-state index contributed by atoms with van der Waals surface area (Å²) in [5.74, 6) is 0.00370. The second-order valence-corrected chi connectivity index (χ2v) is 5.97. The first kappa shape index (κ1) is 15.0. The molecule has 20 heavy (non-hydrogen) atoms. The average Bonchev–Trinajstić information content (AvgIpc) is 2.74. The molecule has 1 aromatic rings. The molecule has 5 heteroatoms. The largest absolute Gasteiger partial charge is 0.388 e. The van der Waals surface area contributed by atoms with Gasteiger partial charge >= 0.3 is 0 Å². The summed E-state index contributed by atoms with van der Waals surface area (Å²) >= 11 is 0. The van der Waals surface area contributed by atoms with Crippen LogP contribution in [0.2, 0.25) is 0 Å². The van der Waals surface area contributed by atoms with E-state index in [-0.39, 0.29) is 5.91 Å². The van der Waals surface area contributed by atoms with Crippen molar-refractivity contribution in [3.05, 3.63) is 17.0 Å². The van der Waals surface area contributed by atoms with Crippen molar-refractivity contribution in [1.29, 1.82) is 0 Å². The highest BCUT2D eigenvalue weighted by Crippen LogP contribution is 2.27. The number of hydrogen-bond donors (Lipinski definition) is 3. The van der Waals surface area contributed by atoms with Crippen molar-refractivity contribution in [2.75, 3.05) is 6.54 Å². The smallest absolute Gasteiger partial charge is 0.220 e. The SMILES string of the molecule is Cc1n[nH]c(C)c1CCC(=O)NCC1(O)CCCCC1. The van der Waals surface area contributed by atoms with Crippen LogP contribution in [0, 0.1) is 13.8 Å². The van der Waals surface area contributed by atoms with Gasteiger partial charge in [-0.25, -0.2) is 0 Å². The van der Waals surface area contributed by atoms with E-state index in [2.05, 4.69) is 15.5 Å². The van der Waals surface area contributed by atoms with Gasteiger partial charge in [0.25, 0.3) is 0 Å². The van der Waals surface area contributed by atoms with Gasteiger partial charge in [0.05, 0.1) is 11.3 Å². The Bertz CT molecular complexity index is 442. The number of aliphatic hydroxyl groups is 1. The zero-order chi connectivity index (χ0) is 14.6. The summed E-state index contributed by atoms with van der Waals surface area (Å²) in [6, 6.07) is 0. The lowest BCUT2D eigenvalue weighted by molar-refractivity contribution is -0.122. The number of H-pyrrole nitrogens is 1. The zero-order valence-electron chi connectivity index (χ0n) is 12.5. The van der Waals surface area contributed by atoms with E-state index in [1.54, 1.807) is 0 Å². The molecule has 0 radical (unpaired) electrons. The van der Waals surface area contributed by atoms with Crippen LogP contribution < -0.4 is 5.32 Å². The van der Waals surface area contributed by atoms with Gasteiger partial charge in [-0.3, -0.25) is 9.89 Å². The van der Waals surface area contributed by atoms with Crippen molar-refractivity contribution < 1.29 is 9.90 Å². The first-order valence-electron chi connectivity index (χ1n) is 7.50. The van der Waals surface area contributed by atoms with E-state index in [1.807, 2.05) is 13.8 Å². The van der Waals surface area contributed by atoms with Gasteiger partial charge in [0.1, 0.15) is 0 Å². The first-order chi connectivity index (χ1) is 9.50. The third-order valence-corrected chi connectivity index (χ3v) is 4.28. The molecule has 0 aromatic carbocycles. The molecular weight excluding hydrogens is 254 g/mol. The first-order valence-corrected chi connectivity index (χ1v) is 7.50. The fourth-order valence-electron chi connectivity index (χ4n) is 2.92. The van der Waals surface area contributed by atoms with Crippen molar-refractivity contribution in [1.82, 2.24) is 15.5 Å². The number of aryl methyl sites for hydroxylation is 2. The van der Waals surface area contributed by atoms with Crippen molar-refractivity contribution in [3.63, 3.8) is 0 Å². The second-order valence-electron chi connectivity index (χ2n) is 5.97. The third-order valence-electron chi connectivity index (χ3n) is 4.28. The van der Waals surface area contributed by atoms with Gasteiger partial charge in [-0.1, -0.05) is 19.3 Å². The summed E-state index contributed by atoms with van der Waals surface area (Å²) in [5, 5.41) is 20.3. The molecule has 0 unspecified atom stereocenters. The van der Waals surface area contributed by atoms with Crippen LogP contribution in [-0.4, -0.2) is 33.4 Å². The van der Waals surface area contributed by atoms with E-state index in [0.717, 1.165) is 42.6 Å². The van der Waals surface area contributed by atoms with Crippen LogP contribution in [-0.2, 0) is 11.2 Å². The Balaban J connectivity index is 1.75. The molecule has 5 nitrogen and oxygen atoms in total. The normalized spacial score (nSPS) is 17.9. The van der Waals surface area contributed by atoms with Crippen molar-refractivity contribution in [2.24, 2.45) is 0 Å². The molecule has 1 aromatic heterocycles. The van der Waals surface area contributed by atoms with Crippen LogP contribution in [0.15, 0.2) is 0 Å². The van der Waals surface area contributed by atoms with Crippen molar-refractivity contribution in [2.45, 2.75) is 64.4 Å². The Morgan fingerprint density at radius 1 is 1.35 bits per heavy atom. The van der Waals surface area contributed by atoms with Gasteiger partial charge in [-0.05, 0) is 38.7 Å². The minimum absolute atomic E-state index is 0.00370. The van der Waals surface area contributed by atoms with Crippen LogP contribution in [0.1, 0.15) is 55.5 Å². The fraction of sp³-hybridized carbons (Fsp3) is 0.733. The van der Waals surface area contributed by atoms with Crippen LogP contribution in [0.5, 0.6) is 0 Å². The number of hydrogen-bond acceptors (Lipinski definition) is 3.